The highest BCUT2D eigenvalue weighted by molar-refractivity contribution is 7.66. The van der Waals surface area contributed by atoms with Gasteiger partial charge in [-0.05, 0) is 220 Å². The summed E-state index contributed by atoms with van der Waals surface area (Å²) in [4.78, 5) is 95.9. The number of aryl methyl sites for hydroxylation is 4. The smallest absolute Gasteiger partial charge is 0.263 e. The Hall–Kier alpha value is -12.3. The van der Waals surface area contributed by atoms with Crippen LogP contribution in [0.1, 0.15) is 147 Å². The Morgan fingerprint density at radius 2 is 0.519 bits per heavy atom. The topological polar surface area (TPSA) is 234 Å². The quantitative estimate of drug-likeness (QED) is 0.0103. The molecule has 6 N–H and O–H groups in total. The molecule has 12 aromatic carbocycles. The van der Waals surface area contributed by atoms with Crippen LogP contribution in [0.3, 0.4) is 0 Å². The number of pyridine rings is 4. The van der Waals surface area contributed by atoms with Crippen LogP contribution < -0.4 is 58.3 Å². The third-order valence-corrected chi connectivity index (χ3v) is 28.8. The van der Waals surface area contributed by atoms with Gasteiger partial charge in [-0.15, -0.1) is 0 Å². The molecule has 135 heavy (non-hydrogen) atoms. The molecular formula is C116H117N4O12P3+4. The van der Waals surface area contributed by atoms with Gasteiger partial charge in [-0.1, -0.05) is 269 Å². The first kappa shape index (κ1) is 95.9. The van der Waals surface area contributed by atoms with Crippen molar-refractivity contribution in [3.63, 3.8) is 0 Å². The molecule has 0 aliphatic carbocycles. The summed E-state index contributed by atoms with van der Waals surface area (Å²) in [6.45, 7) is 28.9. The molecule has 4 aromatic heterocycles. The fraction of sp³-hybridized carbons (Fsp3) is 0.207. The minimum absolute atomic E-state index is 0.0122. The van der Waals surface area contributed by atoms with Crippen LogP contribution in [0, 0.1) is 13.8 Å². The largest absolute Gasteiger partial charge is 0.627 e. The number of nitrogens with zero attached hydrogens (tertiary/aromatic N) is 4. The maximum absolute atomic E-state index is 12.2. The molecule has 0 fully saturated rings. The Kier molecular flexibility index (Phi) is 28.4. The summed E-state index contributed by atoms with van der Waals surface area (Å²) in [5, 5.41) is -0.229. The molecule has 0 spiro atoms. The molecule has 0 saturated heterocycles. The predicted octanol–water partition coefficient (Wildman–Crippen LogP) is 18.2. The third kappa shape index (κ3) is 22.0. The maximum Gasteiger partial charge on any atom is 0.263 e. The number of hydrogen-bond acceptors (Lipinski definition) is 12. The molecule has 0 atom stereocenters. The van der Waals surface area contributed by atoms with Gasteiger partial charge in [0.05, 0.1) is 30.5 Å². The van der Waals surface area contributed by atoms with Crippen LogP contribution in [-0.2, 0) is 51.4 Å². The van der Waals surface area contributed by atoms with Gasteiger partial charge >= 0.3 is 0 Å². The van der Waals surface area contributed by atoms with E-state index in [1.54, 1.807) is 36.4 Å². The number of benzene rings is 12. The zero-order valence-corrected chi connectivity index (χ0v) is 80.9. The summed E-state index contributed by atoms with van der Waals surface area (Å²) in [7, 11) is -13.4. The lowest BCUT2D eigenvalue weighted by Gasteiger charge is -2.38. The molecule has 0 aliphatic rings. The van der Waals surface area contributed by atoms with Crippen molar-refractivity contribution in [2.75, 3.05) is 26.4 Å². The summed E-state index contributed by atoms with van der Waals surface area (Å²) < 4.78 is 27.3. The van der Waals surface area contributed by atoms with Crippen LogP contribution >= 0.6 is 23.8 Å². The highest BCUT2D eigenvalue weighted by Crippen LogP contribution is 2.51. The van der Waals surface area contributed by atoms with E-state index in [1.165, 1.54) is 97.6 Å². The van der Waals surface area contributed by atoms with E-state index in [2.05, 4.69) is 350 Å². The van der Waals surface area contributed by atoms with E-state index in [-0.39, 0.29) is 32.2 Å². The van der Waals surface area contributed by atoms with E-state index < -0.39 is 34.7 Å². The first-order valence-electron chi connectivity index (χ1n) is 45.7. The van der Waals surface area contributed by atoms with Crippen LogP contribution in [0.2, 0.25) is 0 Å². The highest BCUT2D eigenvalue weighted by Gasteiger charge is 2.42. The molecule has 0 saturated carbocycles. The zero-order valence-electron chi connectivity index (χ0n) is 78.2. The molecule has 0 aliphatic heterocycles. The molecule has 0 radical (unpaired) electrons. The highest BCUT2D eigenvalue weighted by atomic mass is 31.2. The molecule has 16 rings (SSSR count). The number of ether oxygens (including phenoxy) is 3. The molecule has 0 unspecified atom stereocenters. The fourth-order valence-electron chi connectivity index (χ4n) is 18.3. The van der Waals surface area contributed by atoms with Gasteiger partial charge in [0.15, 0.2) is 69.2 Å². The lowest BCUT2D eigenvalue weighted by molar-refractivity contribution is -0.727. The Morgan fingerprint density at radius 1 is 0.267 bits per heavy atom. The van der Waals surface area contributed by atoms with E-state index >= 15 is 0 Å². The van der Waals surface area contributed by atoms with E-state index in [1.807, 2.05) is 48.5 Å². The second kappa shape index (κ2) is 40.0. The second-order valence-electron chi connectivity index (χ2n) is 38.2. The van der Waals surface area contributed by atoms with Crippen LogP contribution in [0.25, 0.3) is 61.3 Å². The lowest BCUT2D eigenvalue weighted by atomic mass is 9.64. The van der Waals surface area contributed by atoms with Crippen LogP contribution in [0.4, 0.5) is 0 Å². The molecule has 684 valence electrons. The molecule has 16 aromatic rings. The van der Waals surface area contributed by atoms with Gasteiger partial charge in [0.2, 0.25) is 5.69 Å². The average Bonchev–Trinajstić information content (AvgIpc) is 0.730. The molecule has 4 heterocycles. The van der Waals surface area contributed by atoms with Crippen LogP contribution in [0.5, 0.6) is 11.5 Å². The Morgan fingerprint density at radius 3 is 0.837 bits per heavy atom. The van der Waals surface area contributed by atoms with Crippen LogP contribution in [0.15, 0.2) is 377 Å². The lowest BCUT2D eigenvalue weighted by Crippen LogP contribution is -2.38. The number of aromatic nitrogens is 4. The maximum atomic E-state index is 12.2. The second-order valence-corrected chi connectivity index (χ2v) is 43.0. The number of hydrogen-bond donors (Lipinski definition) is 6. The Balaban J connectivity index is 0.527. The van der Waals surface area contributed by atoms with E-state index in [0.29, 0.717) is 26.4 Å². The molecule has 16 nitrogen and oxygen atoms in total. The zero-order chi connectivity index (χ0) is 95.2. The van der Waals surface area contributed by atoms with Gasteiger partial charge in [0.25, 0.3) is 23.8 Å². The van der Waals surface area contributed by atoms with Gasteiger partial charge in [-0.25, -0.2) is 43.1 Å². The van der Waals surface area contributed by atoms with Gasteiger partial charge in [0, 0.05) is 65.2 Å². The van der Waals surface area contributed by atoms with Crippen molar-refractivity contribution in [2.45, 2.75) is 129 Å². The van der Waals surface area contributed by atoms with Crippen molar-refractivity contribution in [3.05, 3.63) is 455 Å². The standard InChI is InChI=1S/C116H113N4O12P3/c1-82-79-118(71-65-110(82)111-66-72-119(80-83(111)2)81-84-13-51-105(52-14-84)131-77-75-130-76-78-132-106-53-47-103(48-54-106)116(99-39-33-93(34-40-99)112(3,4)5,100-41-35-94(36-42-100)113(6,7)8)101-43-37-95(38-44-101)114(9,10)11)68-12-67-117-69-61-91(62-70-117)92-63-73-120(74-64-92)104-49-45-102(46-50-104)115(96-27-15-85(16-28-96)88-21-55-107(56-22-88)133(121,122)123,97-29-17-86(18-30-97)89-23-57-108(58-24-89)134(124,125)126)98-31-19-87(20-32-98)90-25-59-109(60-26-90)135(127,128)129/h13-66,69-74,79-80H,12,67-68,75-78,81H2,1-11H3,(H2-4,121,122,123,124,125,126,127,128,129)/p+4. The molecule has 19 heteroatoms. The monoisotopic (exact) mass is 1850 g/mol. The van der Waals surface area contributed by atoms with Crippen molar-refractivity contribution in [2.24, 2.45) is 0 Å². The van der Waals surface area contributed by atoms with Crippen molar-refractivity contribution in [3.8, 4) is 72.8 Å². The van der Waals surface area contributed by atoms with E-state index in [4.69, 9.17) is 14.2 Å². The first-order valence-corrected chi connectivity index (χ1v) is 50.6. The minimum atomic E-state index is -4.48. The normalized spacial score (nSPS) is 12.4. The number of rotatable bonds is 31. The van der Waals surface area contributed by atoms with Gasteiger partial charge < -0.3 is 28.9 Å². The SMILES string of the molecule is Cc1c[n+](CCC[n+]2ccc(-c3cc[n+](-c4ccc(C(c5ccc(-c6ccc([P+]([O-])(O)O)cc6)cc5)(c5ccc(-c6ccc([P+]([O-])(O)O)cc6)cc5)c5ccc(-c6ccc([P+]([O-])(O)O)cc6)cc5)cc4)cc3)cc2)ccc1-c1cc[n+](Cc2ccc(OCCOCCOc3ccc(C(c4ccc(C(C)(C)C)cc4)(c4ccc(C(C)(C)C)cc4)c4ccc(C(C)(C)C)cc4)cc3)cc2)cc1C. The minimum Gasteiger partial charge on any atom is -0.627 e. The summed E-state index contributed by atoms with van der Waals surface area (Å²) >= 11 is 0. The molecular weight excluding hydrogens is 1730 g/mol. The first-order chi connectivity index (χ1) is 64.4. The van der Waals surface area contributed by atoms with Crippen molar-refractivity contribution < 1.29 is 76.5 Å². The fourth-order valence-corrected chi connectivity index (χ4v) is 19.9. The Labute approximate surface area is 794 Å². The van der Waals surface area contributed by atoms with Crippen molar-refractivity contribution >= 4 is 39.7 Å². The van der Waals surface area contributed by atoms with E-state index in [9.17, 15) is 44.0 Å². The Bertz CT molecular complexity index is 6340. The molecule has 0 amide bonds. The summed E-state index contributed by atoms with van der Waals surface area (Å²) in [5.41, 5.74) is 24.5. The van der Waals surface area contributed by atoms with E-state index in [0.717, 1.165) is 116 Å². The van der Waals surface area contributed by atoms with Gasteiger partial charge in [-0.3, -0.25) is 0 Å². The van der Waals surface area contributed by atoms with Crippen molar-refractivity contribution in [1.82, 2.24) is 0 Å². The van der Waals surface area contributed by atoms with Gasteiger partial charge in [-0.2, -0.15) is 4.57 Å². The van der Waals surface area contributed by atoms with Crippen LogP contribution in [-0.4, -0.2) is 55.8 Å². The third-order valence-electron chi connectivity index (χ3n) is 25.9. The summed E-state index contributed by atoms with van der Waals surface area (Å²) in [6.07, 6.45) is 18.2. The summed E-state index contributed by atoms with van der Waals surface area (Å²) in [6, 6.07) is 109. The van der Waals surface area contributed by atoms with Gasteiger partial charge in [0.1, 0.15) is 40.6 Å². The average molecular weight is 1850 g/mol. The summed E-state index contributed by atoms with van der Waals surface area (Å²) in [5.74, 6) is 1.58. The van der Waals surface area contributed by atoms with Crippen molar-refractivity contribution in [1.29, 1.82) is 0 Å². The molecule has 0 bridgehead atoms. The predicted molar refractivity (Wildman–Crippen MR) is 536 cm³/mol.